The number of fused-ring (bicyclic) bond motifs is 2. The zero-order valence-electron chi connectivity index (χ0n) is 18.0. The van der Waals surface area contributed by atoms with E-state index in [1.54, 1.807) is 12.1 Å². The van der Waals surface area contributed by atoms with Crippen LogP contribution in [0.1, 0.15) is 43.0 Å². The number of ether oxygens (including phenoxy) is 1. The van der Waals surface area contributed by atoms with Crippen molar-refractivity contribution in [2.75, 3.05) is 6.61 Å². The third-order valence-electron chi connectivity index (χ3n) is 5.98. The van der Waals surface area contributed by atoms with Gasteiger partial charge >= 0.3 is 5.97 Å². The van der Waals surface area contributed by atoms with Gasteiger partial charge in [0.05, 0.1) is 12.2 Å². The maximum atomic E-state index is 12.8. The number of rotatable bonds is 6. The van der Waals surface area contributed by atoms with E-state index in [9.17, 15) is 9.59 Å². The molecule has 1 amide bonds. The Morgan fingerprint density at radius 2 is 1.52 bits per heavy atom. The summed E-state index contributed by atoms with van der Waals surface area (Å²) in [5.74, 6) is -0.0974. The minimum atomic E-state index is -0.928. The molecular formula is C28H23NO4. The summed E-state index contributed by atoms with van der Waals surface area (Å²) in [7, 11) is 0. The van der Waals surface area contributed by atoms with Crippen molar-refractivity contribution >= 4 is 22.6 Å². The molecule has 1 heterocycles. The second-order valence-corrected chi connectivity index (χ2v) is 8.30. The molecule has 0 aromatic heterocycles. The monoisotopic (exact) mass is 437 g/mol. The van der Waals surface area contributed by atoms with E-state index < -0.39 is 5.97 Å². The molecule has 33 heavy (non-hydrogen) atoms. The molecule has 0 fully saturated rings. The molecule has 0 bridgehead atoms. The highest BCUT2D eigenvalue weighted by Gasteiger charge is 2.13. The highest BCUT2D eigenvalue weighted by molar-refractivity contribution is 5.98. The number of carbonyl (C=O) groups excluding carboxylic acids is 1. The summed E-state index contributed by atoms with van der Waals surface area (Å²) in [6, 6.07) is 24.9. The van der Waals surface area contributed by atoms with Gasteiger partial charge in [0.1, 0.15) is 5.75 Å². The normalized spacial score (nSPS) is 12.2. The lowest BCUT2D eigenvalue weighted by Crippen LogP contribution is -2.22. The Labute approximate surface area is 191 Å². The molecule has 164 valence electrons. The summed E-state index contributed by atoms with van der Waals surface area (Å²) >= 11 is 0. The summed E-state index contributed by atoms with van der Waals surface area (Å²) in [6.45, 7) is 1.19. The van der Waals surface area contributed by atoms with E-state index in [1.165, 1.54) is 5.56 Å². The molecule has 0 atom stereocenters. The van der Waals surface area contributed by atoms with Crippen molar-refractivity contribution in [1.82, 2.24) is 5.32 Å². The molecule has 1 aliphatic rings. The van der Waals surface area contributed by atoms with Gasteiger partial charge in [-0.2, -0.15) is 0 Å². The zero-order valence-corrected chi connectivity index (χ0v) is 18.0. The summed E-state index contributed by atoms with van der Waals surface area (Å²) in [4.78, 5) is 23.8. The van der Waals surface area contributed by atoms with E-state index in [0.29, 0.717) is 18.5 Å². The second kappa shape index (κ2) is 8.79. The average Bonchev–Trinajstić information content (AvgIpc) is 3.30. The Kier molecular flexibility index (Phi) is 5.53. The van der Waals surface area contributed by atoms with Crippen molar-refractivity contribution in [3.63, 3.8) is 0 Å². The van der Waals surface area contributed by atoms with Gasteiger partial charge in [-0.3, -0.25) is 4.79 Å². The van der Waals surface area contributed by atoms with Crippen molar-refractivity contribution < 1.29 is 19.4 Å². The van der Waals surface area contributed by atoms with Gasteiger partial charge in [-0.05, 0) is 69.8 Å². The minimum Gasteiger partial charge on any atom is -0.493 e. The van der Waals surface area contributed by atoms with Crippen molar-refractivity contribution in [1.29, 1.82) is 0 Å². The van der Waals surface area contributed by atoms with E-state index in [-0.39, 0.29) is 11.5 Å². The van der Waals surface area contributed by atoms with Crippen LogP contribution in [0.3, 0.4) is 0 Å². The summed E-state index contributed by atoms with van der Waals surface area (Å²) < 4.78 is 5.54. The molecule has 0 unspecified atom stereocenters. The molecular weight excluding hydrogens is 414 g/mol. The first-order valence-corrected chi connectivity index (χ1v) is 10.9. The van der Waals surface area contributed by atoms with E-state index in [1.807, 2.05) is 48.5 Å². The van der Waals surface area contributed by atoms with Crippen molar-refractivity contribution in [3.05, 3.63) is 112 Å². The smallest absolute Gasteiger partial charge is 0.335 e. The van der Waals surface area contributed by atoms with Gasteiger partial charge in [0, 0.05) is 18.5 Å². The maximum Gasteiger partial charge on any atom is 0.335 e. The molecule has 0 saturated heterocycles. The number of nitrogens with one attached hydrogen (secondary N) is 1. The molecule has 0 saturated carbocycles. The number of benzene rings is 4. The summed E-state index contributed by atoms with van der Waals surface area (Å²) in [5, 5.41) is 14.1. The van der Waals surface area contributed by atoms with Gasteiger partial charge in [0.2, 0.25) is 0 Å². The number of carboxylic acids is 1. The largest absolute Gasteiger partial charge is 0.493 e. The van der Waals surface area contributed by atoms with Crippen LogP contribution in [0.2, 0.25) is 0 Å². The predicted molar refractivity (Wildman–Crippen MR) is 127 cm³/mol. The second-order valence-electron chi connectivity index (χ2n) is 8.30. The predicted octanol–water partition coefficient (Wildman–Crippen LogP) is 4.99. The number of carboxylic acid groups (broad SMARTS) is 1. The minimum absolute atomic E-state index is 0.108. The maximum absolute atomic E-state index is 12.8. The molecule has 5 heteroatoms. The highest BCUT2D eigenvalue weighted by atomic mass is 16.5. The summed E-state index contributed by atoms with van der Waals surface area (Å²) in [5.41, 5.74) is 5.29. The van der Waals surface area contributed by atoms with E-state index in [2.05, 4.69) is 23.5 Å². The number of amides is 1. The molecule has 2 N–H and O–H groups in total. The molecule has 5 nitrogen and oxygen atoms in total. The number of hydrogen-bond acceptors (Lipinski definition) is 3. The first-order valence-electron chi connectivity index (χ1n) is 10.9. The summed E-state index contributed by atoms with van der Waals surface area (Å²) in [6.07, 6.45) is 1.60. The van der Waals surface area contributed by atoms with Gasteiger partial charge in [-0.25, -0.2) is 4.79 Å². The van der Waals surface area contributed by atoms with Crippen LogP contribution in [-0.2, 0) is 19.4 Å². The fraction of sp³-hybridized carbons (Fsp3) is 0.143. The third-order valence-corrected chi connectivity index (χ3v) is 5.98. The molecule has 0 radical (unpaired) electrons. The number of hydrogen-bond donors (Lipinski definition) is 2. The van der Waals surface area contributed by atoms with Crippen molar-refractivity contribution in [3.8, 4) is 5.75 Å². The van der Waals surface area contributed by atoms with E-state index in [4.69, 9.17) is 9.84 Å². The van der Waals surface area contributed by atoms with Gasteiger partial charge in [0.15, 0.2) is 0 Å². The fourth-order valence-corrected chi connectivity index (χ4v) is 4.18. The Balaban J connectivity index is 1.29. The molecule has 0 spiro atoms. The van der Waals surface area contributed by atoms with Crippen LogP contribution in [0.15, 0.2) is 78.9 Å². The van der Waals surface area contributed by atoms with Crippen LogP contribution in [-0.4, -0.2) is 23.6 Å². The average molecular weight is 437 g/mol. The Morgan fingerprint density at radius 3 is 2.33 bits per heavy atom. The Bertz CT molecular complexity index is 1360. The lowest BCUT2D eigenvalue weighted by molar-refractivity contribution is 0.0696. The molecule has 0 aliphatic carbocycles. The topological polar surface area (TPSA) is 75.6 Å². The standard InChI is InChI=1S/C28H23NO4/c30-27(29-17-20-4-10-26-23(15-20)11-12-33-26)24-9-8-21-5-3-19(14-25(21)16-24)13-18-1-6-22(7-2-18)28(31)32/h1-10,14-16H,11-13,17H2,(H,29,30)(H,31,32). The van der Waals surface area contributed by atoms with Crippen LogP contribution in [0.4, 0.5) is 0 Å². The first kappa shape index (κ1) is 20.8. The molecule has 4 aromatic carbocycles. The Morgan fingerprint density at radius 1 is 0.788 bits per heavy atom. The molecule has 4 aromatic rings. The van der Waals surface area contributed by atoms with Crippen LogP contribution in [0.25, 0.3) is 10.8 Å². The van der Waals surface area contributed by atoms with Gasteiger partial charge in [0.25, 0.3) is 5.91 Å². The van der Waals surface area contributed by atoms with Crippen LogP contribution >= 0.6 is 0 Å². The first-order chi connectivity index (χ1) is 16.0. The van der Waals surface area contributed by atoms with Gasteiger partial charge < -0.3 is 15.2 Å². The van der Waals surface area contributed by atoms with Crippen LogP contribution in [0.5, 0.6) is 5.75 Å². The Hall–Kier alpha value is -4.12. The zero-order chi connectivity index (χ0) is 22.8. The molecule has 5 rings (SSSR count). The number of carbonyl (C=O) groups is 2. The highest BCUT2D eigenvalue weighted by Crippen LogP contribution is 2.26. The molecule has 1 aliphatic heterocycles. The lowest BCUT2D eigenvalue weighted by Gasteiger charge is -2.09. The van der Waals surface area contributed by atoms with Gasteiger partial charge in [-0.1, -0.05) is 48.5 Å². The van der Waals surface area contributed by atoms with Crippen LogP contribution in [0, 0.1) is 0 Å². The third kappa shape index (κ3) is 4.58. The van der Waals surface area contributed by atoms with Crippen molar-refractivity contribution in [2.24, 2.45) is 0 Å². The quantitative estimate of drug-likeness (QED) is 0.445. The van der Waals surface area contributed by atoms with Gasteiger partial charge in [-0.15, -0.1) is 0 Å². The fourth-order valence-electron chi connectivity index (χ4n) is 4.18. The lowest BCUT2D eigenvalue weighted by atomic mass is 9.99. The van der Waals surface area contributed by atoms with E-state index in [0.717, 1.165) is 46.2 Å². The van der Waals surface area contributed by atoms with E-state index >= 15 is 0 Å². The SMILES string of the molecule is O=C(O)c1ccc(Cc2ccc3ccc(C(=O)NCc4ccc5c(c4)CCO5)cc3c2)cc1. The van der Waals surface area contributed by atoms with Crippen LogP contribution < -0.4 is 10.1 Å². The van der Waals surface area contributed by atoms with Crippen molar-refractivity contribution in [2.45, 2.75) is 19.4 Å². The number of aromatic carboxylic acids is 1.